The van der Waals surface area contributed by atoms with E-state index in [1.54, 1.807) is 0 Å². The fraction of sp³-hybridized carbons (Fsp3) is 0.875. The molecule has 0 aromatic carbocycles. The van der Waals surface area contributed by atoms with Crippen LogP contribution in [0.4, 0.5) is 0 Å². The molecule has 126 valence electrons. The van der Waals surface area contributed by atoms with Crippen molar-refractivity contribution in [3.05, 3.63) is 0 Å². The van der Waals surface area contributed by atoms with Crippen LogP contribution in [0.2, 0.25) is 0 Å². The van der Waals surface area contributed by atoms with Crippen LogP contribution >= 0.6 is 0 Å². The molecule has 2 fully saturated rings. The van der Waals surface area contributed by atoms with Crippen molar-refractivity contribution in [2.75, 3.05) is 0 Å². The molecule has 0 radical (unpaired) electrons. The number of nitrogens with one attached hydrogen (secondary N) is 2. The molecule has 22 heavy (non-hydrogen) atoms. The van der Waals surface area contributed by atoms with Crippen LogP contribution in [0.25, 0.3) is 0 Å². The molecule has 6 heteroatoms. The third-order valence-corrected chi connectivity index (χ3v) is 4.73. The molecule has 0 heterocycles. The first kappa shape index (κ1) is 17.2. The van der Waals surface area contributed by atoms with Gasteiger partial charge in [-0.3, -0.25) is 9.59 Å². The van der Waals surface area contributed by atoms with Crippen molar-refractivity contribution in [3.8, 4) is 0 Å². The molecule has 0 saturated heterocycles. The Morgan fingerprint density at radius 2 is 1.09 bits per heavy atom. The van der Waals surface area contributed by atoms with Crippen molar-refractivity contribution in [3.63, 3.8) is 0 Å². The summed E-state index contributed by atoms with van der Waals surface area (Å²) >= 11 is 0. The first-order valence-electron chi connectivity index (χ1n) is 8.51. The molecule has 0 aliphatic heterocycles. The van der Waals surface area contributed by atoms with E-state index in [1.807, 2.05) is 0 Å². The topological polar surface area (TPSA) is 98.7 Å². The second kappa shape index (κ2) is 8.48. The fourth-order valence-electron chi connectivity index (χ4n) is 3.34. The maximum Gasteiger partial charge on any atom is 0.220 e. The van der Waals surface area contributed by atoms with E-state index < -0.39 is 12.2 Å². The Morgan fingerprint density at radius 3 is 1.45 bits per heavy atom. The lowest BCUT2D eigenvalue weighted by molar-refractivity contribution is -0.128. The standard InChI is InChI=1S/C16H28N2O4/c19-13-7-3-1-5-11(13)17-15(21)9-10-16(22)18-12-6-2-4-8-14(12)20/h11-14,19-20H,1-10H2,(H,17,21)(H,18,22)/t11-,12-,13+,14+/m1/s1. The van der Waals surface area contributed by atoms with Crippen molar-refractivity contribution in [1.29, 1.82) is 0 Å². The fourth-order valence-corrected chi connectivity index (χ4v) is 3.34. The van der Waals surface area contributed by atoms with Gasteiger partial charge in [-0.05, 0) is 25.7 Å². The van der Waals surface area contributed by atoms with Crippen LogP contribution in [0.3, 0.4) is 0 Å². The molecule has 2 amide bonds. The number of aliphatic hydroxyl groups is 2. The summed E-state index contributed by atoms with van der Waals surface area (Å²) in [5.74, 6) is -0.379. The molecule has 0 aromatic heterocycles. The zero-order chi connectivity index (χ0) is 15.9. The molecule has 0 spiro atoms. The summed E-state index contributed by atoms with van der Waals surface area (Å²) in [6, 6.07) is -0.353. The summed E-state index contributed by atoms with van der Waals surface area (Å²) in [5.41, 5.74) is 0. The maximum atomic E-state index is 11.9. The van der Waals surface area contributed by atoms with Gasteiger partial charge in [-0.2, -0.15) is 0 Å². The monoisotopic (exact) mass is 312 g/mol. The summed E-state index contributed by atoms with van der Waals surface area (Å²) in [4.78, 5) is 23.7. The van der Waals surface area contributed by atoms with Crippen molar-refractivity contribution >= 4 is 11.8 Å². The van der Waals surface area contributed by atoms with Crippen molar-refractivity contribution < 1.29 is 19.8 Å². The van der Waals surface area contributed by atoms with Gasteiger partial charge in [0.25, 0.3) is 0 Å². The van der Waals surface area contributed by atoms with Gasteiger partial charge in [-0.15, -0.1) is 0 Å². The minimum absolute atomic E-state index is 0.123. The number of carbonyl (C=O) groups excluding carboxylic acids is 2. The highest BCUT2D eigenvalue weighted by atomic mass is 16.3. The predicted octanol–water partition coefficient (Wildman–Crippen LogP) is 0.606. The average molecular weight is 312 g/mol. The zero-order valence-electron chi connectivity index (χ0n) is 13.1. The summed E-state index contributed by atoms with van der Waals surface area (Å²) in [6.07, 6.45) is 6.39. The van der Waals surface area contributed by atoms with E-state index in [0.29, 0.717) is 0 Å². The van der Waals surface area contributed by atoms with Crippen LogP contribution in [-0.2, 0) is 9.59 Å². The number of hydrogen-bond donors (Lipinski definition) is 4. The van der Waals surface area contributed by atoms with Crippen LogP contribution in [-0.4, -0.2) is 46.3 Å². The van der Waals surface area contributed by atoms with Crippen molar-refractivity contribution in [2.45, 2.75) is 88.5 Å². The molecule has 2 saturated carbocycles. The number of aliphatic hydroxyl groups excluding tert-OH is 2. The molecule has 2 aliphatic carbocycles. The van der Waals surface area contributed by atoms with E-state index in [4.69, 9.17) is 0 Å². The van der Waals surface area contributed by atoms with E-state index >= 15 is 0 Å². The summed E-state index contributed by atoms with van der Waals surface area (Å²) in [5, 5.41) is 25.3. The van der Waals surface area contributed by atoms with Gasteiger partial charge in [0, 0.05) is 12.8 Å². The number of rotatable bonds is 5. The lowest BCUT2D eigenvalue weighted by Crippen LogP contribution is -2.46. The van der Waals surface area contributed by atoms with Gasteiger partial charge in [-0.1, -0.05) is 25.7 Å². The third kappa shape index (κ3) is 5.25. The molecule has 6 nitrogen and oxygen atoms in total. The molecule has 0 unspecified atom stereocenters. The summed E-state index contributed by atoms with van der Waals surface area (Å²) < 4.78 is 0. The van der Waals surface area contributed by atoms with E-state index in [-0.39, 0.29) is 36.7 Å². The van der Waals surface area contributed by atoms with Gasteiger partial charge in [0.2, 0.25) is 11.8 Å². The number of carbonyl (C=O) groups is 2. The lowest BCUT2D eigenvalue weighted by atomic mass is 9.92. The van der Waals surface area contributed by atoms with Crippen LogP contribution in [0, 0.1) is 0 Å². The molecule has 2 aliphatic rings. The van der Waals surface area contributed by atoms with E-state index in [0.717, 1.165) is 51.4 Å². The van der Waals surface area contributed by atoms with Crippen LogP contribution < -0.4 is 10.6 Å². The highest BCUT2D eigenvalue weighted by molar-refractivity contribution is 5.84. The van der Waals surface area contributed by atoms with Gasteiger partial charge in [0.05, 0.1) is 24.3 Å². The Morgan fingerprint density at radius 1 is 0.727 bits per heavy atom. The Labute approximate surface area is 131 Å². The first-order valence-corrected chi connectivity index (χ1v) is 8.51. The largest absolute Gasteiger partial charge is 0.391 e. The van der Waals surface area contributed by atoms with Crippen LogP contribution in [0.15, 0.2) is 0 Å². The van der Waals surface area contributed by atoms with Gasteiger partial charge in [0.1, 0.15) is 0 Å². The first-order chi connectivity index (χ1) is 10.6. The second-order valence-corrected chi connectivity index (χ2v) is 6.55. The van der Waals surface area contributed by atoms with Gasteiger partial charge in [-0.25, -0.2) is 0 Å². The van der Waals surface area contributed by atoms with E-state index in [1.165, 1.54) is 0 Å². The van der Waals surface area contributed by atoms with Gasteiger partial charge >= 0.3 is 0 Å². The summed E-state index contributed by atoms with van der Waals surface area (Å²) in [7, 11) is 0. The Bertz CT molecular complexity index is 352. The SMILES string of the molecule is O=C(CCC(=O)N[C@@H]1CCCC[C@@H]1O)N[C@@H]1CCCC[C@@H]1O. The minimum Gasteiger partial charge on any atom is -0.391 e. The molecule has 2 rings (SSSR count). The van der Waals surface area contributed by atoms with Crippen LogP contribution in [0.5, 0.6) is 0 Å². The summed E-state index contributed by atoms with van der Waals surface area (Å²) in [6.45, 7) is 0. The molecule has 4 N–H and O–H groups in total. The molecule has 4 atom stereocenters. The van der Waals surface area contributed by atoms with Gasteiger partial charge in [0.15, 0.2) is 0 Å². The van der Waals surface area contributed by atoms with Crippen LogP contribution in [0.1, 0.15) is 64.2 Å². The Hall–Kier alpha value is -1.14. The van der Waals surface area contributed by atoms with E-state index in [9.17, 15) is 19.8 Å². The smallest absolute Gasteiger partial charge is 0.220 e. The lowest BCUT2D eigenvalue weighted by Gasteiger charge is -2.29. The quantitative estimate of drug-likeness (QED) is 0.597. The minimum atomic E-state index is -0.469. The molecular formula is C16H28N2O4. The average Bonchev–Trinajstić information content (AvgIpc) is 2.50. The number of amides is 2. The molecular weight excluding hydrogens is 284 g/mol. The highest BCUT2D eigenvalue weighted by Crippen LogP contribution is 2.19. The van der Waals surface area contributed by atoms with Crippen molar-refractivity contribution in [2.24, 2.45) is 0 Å². The van der Waals surface area contributed by atoms with Crippen molar-refractivity contribution in [1.82, 2.24) is 10.6 Å². The Balaban J connectivity index is 1.65. The molecule has 0 aromatic rings. The maximum absolute atomic E-state index is 11.9. The number of hydrogen-bond acceptors (Lipinski definition) is 4. The predicted molar refractivity (Wildman–Crippen MR) is 82.0 cm³/mol. The van der Waals surface area contributed by atoms with E-state index in [2.05, 4.69) is 10.6 Å². The zero-order valence-corrected chi connectivity index (χ0v) is 13.1. The Kier molecular flexibility index (Phi) is 6.64. The van der Waals surface area contributed by atoms with Gasteiger partial charge < -0.3 is 20.8 Å². The second-order valence-electron chi connectivity index (χ2n) is 6.55. The third-order valence-electron chi connectivity index (χ3n) is 4.73. The molecule has 0 bridgehead atoms. The highest BCUT2D eigenvalue weighted by Gasteiger charge is 2.26. The normalized spacial score (nSPS) is 32.3.